The zero-order valence-electron chi connectivity index (χ0n) is 29.7. The molecule has 0 aliphatic heterocycles. The van der Waals surface area contributed by atoms with Gasteiger partial charge in [0.1, 0.15) is 0 Å². The molecule has 0 atom stereocenters. The van der Waals surface area contributed by atoms with Gasteiger partial charge in [-0.15, -0.1) is 32.9 Å². The summed E-state index contributed by atoms with van der Waals surface area (Å²) in [6.07, 6.45) is 6.78. The Morgan fingerprint density at radius 1 is 0.400 bits per heavy atom. The van der Waals surface area contributed by atoms with Crippen LogP contribution >= 0.6 is 22.7 Å². The van der Waals surface area contributed by atoms with E-state index in [1.54, 1.807) is 0 Å². The molecule has 11 rings (SSSR count). The number of aromatic nitrogens is 2. The van der Waals surface area contributed by atoms with Crippen LogP contribution in [0.3, 0.4) is 0 Å². The fourth-order valence-electron chi connectivity index (χ4n) is 8.33. The van der Waals surface area contributed by atoms with E-state index in [1.807, 2.05) is 34.8 Å². The molecule has 0 bridgehead atoms. The van der Waals surface area contributed by atoms with Crippen molar-refractivity contribution in [3.8, 4) is 67.4 Å². The molecule has 10 aromatic rings. The number of rotatable bonds is 6. The molecule has 0 saturated carbocycles. The fourth-order valence-corrected chi connectivity index (χ4v) is 10.9. The Morgan fingerprint density at radius 2 is 0.836 bits per heavy atom. The Labute approximate surface area is 326 Å². The second kappa shape index (κ2) is 13.2. The second-order valence-corrected chi connectivity index (χ2v) is 16.0. The topological polar surface area (TPSA) is 38.9 Å². The number of aryl methyl sites for hydroxylation is 1. The van der Waals surface area contributed by atoms with Crippen LogP contribution in [-0.2, 0) is 6.42 Å². The summed E-state index contributed by atoms with van der Waals surface area (Å²) in [5, 5.41) is 13.4. The monoisotopic (exact) mass is 740 g/mol. The Kier molecular flexibility index (Phi) is 7.68. The van der Waals surface area contributed by atoms with Gasteiger partial charge in [0, 0.05) is 52.0 Å². The first-order chi connectivity index (χ1) is 27.3. The van der Waals surface area contributed by atoms with E-state index in [0.29, 0.717) is 11.8 Å². The summed E-state index contributed by atoms with van der Waals surface area (Å²) in [4.78, 5) is 1.38. The van der Waals surface area contributed by atoms with E-state index in [1.165, 1.54) is 63.0 Å². The minimum atomic E-state index is 0.491. The maximum Gasteiger partial charge on any atom is 0.248 e. The van der Waals surface area contributed by atoms with Gasteiger partial charge in [-0.2, -0.15) is 0 Å². The normalized spacial score (nSPS) is 12.5. The van der Waals surface area contributed by atoms with E-state index in [4.69, 9.17) is 14.6 Å². The molecule has 0 spiro atoms. The van der Waals surface area contributed by atoms with Gasteiger partial charge in [0.05, 0.1) is 0 Å². The van der Waals surface area contributed by atoms with Gasteiger partial charge in [-0.05, 0) is 81.4 Å². The van der Waals surface area contributed by atoms with Gasteiger partial charge in [0.25, 0.3) is 0 Å². The molecular weight excluding hydrogens is 709 g/mol. The first-order valence-corrected chi connectivity index (χ1v) is 20.3. The van der Waals surface area contributed by atoms with Crippen molar-refractivity contribution in [1.29, 1.82) is 0 Å². The minimum absolute atomic E-state index is 0.491. The molecule has 1 aliphatic carbocycles. The number of nitrogens with zero attached hydrogens (tertiary/aromatic N) is 2. The predicted octanol–water partition coefficient (Wildman–Crippen LogP) is 14.6. The quantitative estimate of drug-likeness (QED) is 0.170. The lowest BCUT2D eigenvalue weighted by Crippen LogP contribution is -1.90. The van der Waals surface area contributed by atoms with Crippen molar-refractivity contribution in [2.24, 2.45) is 0 Å². The number of hydrogen-bond donors (Lipinski definition) is 0. The Hall–Kier alpha value is -6.40. The summed E-state index contributed by atoms with van der Waals surface area (Å²) in [5.41, 5.74) is 12.5. The molecule has 3 heterocycles. The molecule has 7 aromatic carbocycles. The lowest BCUT2D eigenvalue weighted by molar-refractivity contribution is 0.585. The third kappa shape index (κ3) is 5.30. The van der Waals surface area contributed by atoms with Crippen molar-refractivity contribution >= 4 is 59.0 Å². The predicted molar refractivity (Wildman–Crippen MR) is 233 cm³/mol. The molecule has 0 radical (unpaired) electrons. The van der Waals surface area contributed by atoms with E-state index in [9.17, 15) is 0 Å². The van der Waals surface area contributed by atoms with Crippen LogP contribution in [0.15, 0.2) is 168 Å². The van der Waals surface area contributed by atoms with Gasteiger partial charge in [0.2, 0.25) is 11.8 Å². The number of fused-ring (bicyclic) bond motifs is 6. The van der Waals surface area contributed by atoms with Crippen molar-refractivity contribution in [3.05, 3.63) is 174 Å². The van der Waals surface area contributed by atoms with Crippen LogP contribution in [0.4, 0.5) is 0 Å². The SMILES string of the molecule is C1=Cc2sc3c(-c4ccccc4-c4ccccc4-c4nnc(-c5ccccc5-c5ccccc5-c5cccc6c5sc5ccccc56)o4)cccc3c2CC1. The smallest absolute Gasteiger partial charge is 0.248 e. The van der Waals surface area contributed by atoms with Crippen molar-refractivity contribution in [2.75, 3.05) is 0 Å². The molecular formula is C50H32N2OS2. The van der Waals surface area contributed by atoms with Crippen LogP contribution in [0.2, 0.25) is 0 Å². The van der Waals surface area contributed by atoms with Crippen LogP contribution in [-0.4, -0.2) is 10.2 Å². The zero-order valence-corrected chi connectivity index (χ0v) is 31.3. The van der Waals surface area contributed by atoms with Crippen LogP contribution in [0, 0.1) is 0 Å². The summed E-state index contributed by atoms with van der Waals surface area (Å²) < 4.78 is 10.6. The molecule has 1 aliphatic rings. The highest BCUT2D eigenvalue weighted by molar-refractivity contribution is 7.26. The average Bonchev–Trinajstić information content (AvgIpc) is 4.00. The maximum absolute atomic E-state index is 6.68. The van der Waals surface area contributed by atoms with Crippen LogP contribution in [0.1, 0.15) is 16.9 Å². The summed E-state index contributed by atoms with van der Waals surface area (Å²) in [6.45, 7) is 0. The molecule has 3 nitrogen and oxygen atoms in total. The summed E-state index contributed by atoms with van der Waals surface area (Å²) >= 11 is 3.75. The molecule has 260 valence electrons. The molecule has 5 heteroatoms. The van der Waals surface area contributed by atoms with Crippen LogP contribution in [0.25, 0.3) is 104 Å². The van der Waals surface area contributed by atoms with Crippen molar-refractivity contribution in [3.63, 3.8) is 0 Å². The average molecular weight is 741 g/mol. The summed E-state index contributed by atoms with van der Waals surface area (Å²) in [6, 6.07) is 56.2. The molecule has 3 aromatic heterocycles. The van der Waals surface area contributed by atoms with Gasteiger partial charge >= 0.3 is 0 Å². The number of thiophene rings is 2. The van der Waals surface area contributed by atoms with E-state index >= 15 is 0 Å². The third-order valence-electron chi connectivity index (χ3n) is 10.8. The van der Waals surface area contributed by atoms with Gasteiger partial charge in [-0.3, -0.25) is 0 Å². The highest BCUT2D eigenvalue weighted by Crippen LogP contribution is 2.47. The van der Waals surface area contributed by atoms with Crippen molar-refractivity contribution in [2.45, 2.75) is 12.8 Å². The molecule has 0 N–H and O–H groups in total. The van der Waals surface area contributed by atoms with E-state index in [2.05, 4.69) is 158 Å². The van der Waals surface area contributed by atoms with Crippen LogP contribution in [0.5, 0.6) is 0 Å². The molecule has 55 heavy (non-hydrogen) atoms. The Bertz CT molecular complexity index is 3120. The lowest BCUT2D eigenvalue weighted by atomic mass is 9.90. The Balaban J connectivity index is 1.01. The van der Waals surface area contributed by atoms with Crippen molar-refractivity contribution in [1.82, 2.24) is 10.2 Å². The maximum atomic E-state index is 6.68. The van der Waals surface area contributed by atoms with Crippen LogP contribution < -0.4 is 0 Å². The van der Waals surface area contributed by atoms with E-state index in [-0.39, 0.29) is 0 Å². The summed E-state index contributed by atoms with van der Waals surface area (Å²) in [7, 11) is 0. The van der Waals surface area contributed by atoms with Gasteiger partial charge in [-0.25, -0.2) is 0 Å². The van der Waals surface area contributed by atoms with Crippen molar-refractivity contribution < 1.29 is 4.42 Å². The first kappa shape index (κ1) is 32.1. The van der Waals surface area contributed by atoms with E-state index in [0.717, 1.165) is 46.2 Å². The zero-order chi connectivity index (χ0) is 36.3. The molecule has 0 fully saturated rings. The largest absolute Gasteiger partial charge is 0.416 e. The fraction of sp³-hybridized carbons (Fsp3) is 0.0400. The lowest BCUT2D eigenvalue weighted by Gasteiger charge is -2.14. The molecule has 0 saturated heterocycles. The first-order valence-electron chi connectivity index (χ1n) is 18.6. The second-order valence-electron chi connectivity index (χ2n) is 13.9. The van der Waals surface area contributed by atoms with Gasteiger partial charge in [0.15, 0.2) is 0 Å². The van der Waals surface area contributed by atoms with Gasteiger partial charge in [-0.1, -0.05) is 146 Å². The van der Waals surface area contributed by atoms with Gasteiger partial charge < -0.3 is 4.42 Å². The molecule has 0 amide bonds. The minimum Gasteiger partial charge on any atom is -0.416 e. The van der Waals surface area contributed by atoms with E-state index < -0.39 is 0 Å². The standard InChI is InChI=1S/C50H32N2OS2/c1-3-17-33(39-25-13-27-41-37-21-9-11-29-45(37)54-47(39)41)31(15-1)35-19-5-7-23-43(35)49-51-52-50(53-49)44-24-8-6-20-36(44)32-16-2-4-18-34(32)40-26-14-28-42-38-22-10-12-30-46(38)55-48(40)42/h1-9,11-21,23-30H,10,22H2. The molecule has 0 unspecified atom stereocenters. The third-order valence-corrected chi connectivity index (χ3v) is 13.3. The number of hydrogen-bond acceptors (Lipinski definition) is 5. The number of allylic oxidation sites excluding steroid dienone is 1. The Morgan fingerprint density at radius 3 is 1.44 bits per heavy atom. The highest BCUT2D eigenvalue weighted by Gasteiger charge is 2.22. The number of benzene rings is 7. The summed E-state index contributed by atoms with van der Waals surface area (Å²) in [5.74, 6) is 0.985. The highest BCUT2D eigenvalue weighted by atomic mass is 32.1.